The molecule has 0 aromatic carbocycles. The number of carbonyl (C=O) groups excluding carboxylic acids is 2. The summed E-state index contributed by atoms with van der Waals surface area (Å²) in [4.78, 5) is 37.2. The molecule has 2 amide bonds. The van der Waals surface area contributed by atoms with Gasteiger partial charge in [-0.15, -0.1) is 5.10 Å². The molecule has 29 heavy (non-hydrogen) atoms. The standard InChI is InChI=1S/C17H24N6O5S/c1-26-16(24)14(5-9-29-2)19-17(25)22-7-8-27-12(10-22)11-28-23-15-13(20-21-23)4-3-6-18-15/h3-4,6,12,14H,5,7-11H2,1-2H3,(H,19,25)/t12?,14-/m0/s1. The topological polar surface area (TPSA) is 121 Å². The molecule has 11 nitrogen and oxygen atoms in total. The van der Waals surface area contributed by atoms with E-state index >= 15 is 0 Å². The van der Waals surface area contributed by atoms with Gasteiger partial charge in [0.1, 0.15) is 24.3 Å². The fraction of sp³-hybridized carbons (Fsp3) is 0.588. The van der Waals surface area contributed by atoms with Crippen molar-refractivity contribution in [3.8, 4) is 0 Å². The van der Waals surface area contributed by atoms with Crippen LogP contribution in [-0.4, -0.2) is 94.6 Å². The molecule has 2 aromatic rings. The molecule has 3 rings (SSSR count). The lowest BCUT2D eigenvalue weighted by atomic mass is 10.2. The van der Waals surface area contributed by atoms with Crippen molar-refractivity contribution in [3.63, 3.8) is 0 Å². The summed E-state index contributed by atoms with van der Waals surface area (Å²) >= 11 is 1.60. The molecule has 0 radical (unpaired) electrons. The van der Waals surface area contributed by atoms with Gasteiger partial charge in [0.2, 0.25) is 5.65 Å². The number of methoxy groups -OCH3 is 1. The first-order valence-corrected chi connectivity index (χ1v) is 10.5. The summed E-state index contributed by atoms with van der Waals surface area (Å²) in [5.74, 6) is 0.283. The van der Waals surface area contributed by atoms with Gasteiger partial charge in [0.05, 0.1) is 20.3 Å². The highest BCUT2D eigenvalue weighted by molar-refractivity contribution is 7.98. The van der Waals surface area contributed by atoms with E-state index in [1.54, 1.807) is 35.0 Å². The maximum atomic E-state index is 12.6. The predicted molar refractivity (Wildman–Crippen MR) is 105 cm³/mol. The van der Waals surface area contributed by atoms with E-state index in [1.807, 2.05) is 6.26 Å². The van der Waals surface area contributed by atoms with Gasteiger partial charge in [0.25, 0.3) is 0 Å². The van der Waals surface area contributed by atoms with Crippen molar-refractivity contribution in [1.29, 1.82) is 0 Å². The van der Waals surface area contributed by atoms with E-state index in [4.69, 9.17) is 14.3 Å². The van der Waals surface area contributed by atoms with E-state index in [0.29, 0.717) is 37.3 Å². The first kappa shape index (κ1) is 21.1. The number of morpholine rings is 1. The second-order valence-electron chi connectivity index (χ2n) is 6.35. The fourth-order valence-electron chi connectivity index (χ4n) is 2.86. The van der Waals surface area contributed by atoms with Crippen molar-refractivity contribution in [3.05, 3.63) is 18.3 Å². The third-order valence-corrected chi connectivity index (χ3v) is 5.03. The normalized spacial score (nSPS) is 17.7. The summed E-state index contributed by atoms with van der Waals surface area (Å²) < 4.78 is 10.5. The molecule has 1 aliphatic heterocycles. The van der Waals surface area contributed by atoms with Crippen LogP contribution in [0, 0.1) is 0 Å². The van der Waals surface area contributed by atoms with Gasteiger partial charge in [-0.1, -0.05) is 4.85 Å². The number of thioether (sulfide) groups is 1. The predicted octanol–water partition coefficient (Wildman–Crippen LogP) is -0.0400. The molecule has 1 fully saturated rings. The van der Waals surface area contributed by atoms with Crippen molar-refractivity contribution < 1.29 is 23.9 Å². The highest BCUT2D eigenvalue weighted by Crippen LogP contribution is 2.09. The molecular weight excluding hydrogens is 400 g/mol. The Kier molecular flexibility index (Phi) is 7.47. The monoisotopic (exact) mass is 424 g/mol. The van der Waals surface area contributed by atoms with E-state index in [2.05, 4.69) is 20.6 Å². The Morgan fingerprint density at radius 3 is 3.14 bits per heavy atom. The molecule has 0 saturated carbocycles. The Morgan fingerprint density at radius 2 is 2.34 bits per heavy atom. The van der Waals surface area contributed by atoms with Crippen LogP contribution in [-0.2, 0) is 14.3 Å². The van der Waals surface area contributed by atoms with E-state index in [-0.39, 0.29) is 18.7 Å². The van der Waals surface area contributed by atoms with Crippen molar-refractivity contribution in [2.24, 2.45) is 0 Å². The highest BCUT2D eigenvalue weighted by atomic mass is 32.2. The van der Waals surface area contributed by atoms with Crippen LogP contribution in [0.3, 0.4) is 0 Å². The minimum atomic E-state index is -0.676. The van der Waals surface area contributed by atoms with Crippen LogP contribution in [0.2, 0.25) is 0 Å². The molecule has 0 spiro atoms. The number of urea groups is 1. The number of ether oxygens (including phenoxy) is 2. The minimum absolute atomic E-state index is 0.172. The average molecular weight is 424 g/mol. The Balaban J connectivity index is 1.53. The molecule has 12 heteroatoms. The molecule has 2 atom stereocenters. The summed E-state index contributed by atoms with van der Waals surface area (Å²) in [5, 5.41) is 10.6. The smallest absolute Gasteiger partial charge is 0.328 e. The van der Waals surface area contributed by atoms with Crippen molar-refractivity contribution in [1.82, 2.24) is 30.4 Å². The zero-order valence-corrected chi connectivity index (χ0v) is 17.1. The molecule has 1 N–H and O–H groups in total. The van der Waals surface area contributed by atoms with Crippen LogP contribution in [0.1, 0.15) is 6.42 Å². The third kappa shape index (κ3) is 5.48. The number of fused-ring (bicyclic) bond motifs is 1. The molecule has 0 bridgehead atoms. The molecule has 3 heterocycles. The maximum Gasteiger partial charge on any atom is 0.328 e. The van der Waals surface area contributed by atoms with Crippen LogP contribution in [0.25, 0.3) is 11.2 Å². The number of pyridine rings is 1. The summed E-state index contributed by atoms with van der Waals surface area (Å²) in [7, 11) is 1.31. The number of hydrogen-bond donors (Lipinski definition) is 1. The molecule has 2 aromatic heterocycles. The lowest BCUT2D eigenvalue weighted by molar-refractivity contribution is -0.143. The van der Waals surface area contributed by atoms with Gasteiger partial charge in [-0.05, 0) is 35.8 Å². The van der Waals surface area contributed by atoms with E-state index in [1.165, 1.54) is 12.0 Å². The number of hydrogen-bond acceptors (Lipinski definition) is 9. The SMILES string of the molecule is COC(=O)[C@H](CCSC)NC(=O)N1CCOC(COn2nnc3cccnc32)C1. The molecule has 158 valence electrons. The van der Waals surface area contributed by atoms with Crippen molar-refractivity contribution in [2.45, 2.75) is 18.6 Å². The number of nitrogens with one attached hydrogen (secondary N) is 1. The average Bonchev–Trinajstić information content (AvgIpc) is 3.17. The van der Waals surface area contributed by atoms with Crippen molar-refractivity contribution in [2.75, 3.05) is 45.4 Å². The molecule has 1 aliphatic rings. The van der Waals surface area contributed by atoms with Crippen LogP contribution in [0.4, 0.5) is 4.79 Å². The Morgan fingerprint density at radius 1 is 1.48 bits per heavy atom. The third-order valence-electron chi connectivity index (χ3n) is 4.38. The second-order valence-corrected chi connectivity index (χ2v) is 7.34. The largest absolute Gasteiger partial charge is 0.467 e. The zero-order valence-electron chi connectivity index (χ0n) is 16.3. The van der Waals surface area contributed by atoms with Crippen LogP contribution in [0.15, 0.2) is 18.3 Å². The number of carbonyl (C=O) groups is 2. The number of rotatable bonds is 8. The summed E-state index contributed by atoms with van der Waals surface area (Å²) in [6.45, 7) is 1.28. The zero-order chi connectivity index (χ0) is 20.6. The summed E-state index contributed by atoms with van der Waals surface area (Å²) in [6.07, 6.45) is 3.73. The summed E-state index contributed by atoms with van der Waals surface area (Å²) in [6, 6.07) is 2.54. The molecule has 1 unspecified atom stereocenters. The maximum absolute atomic E-state index is 12.6. The number of amides is 2. The molecule has 1 saturated heterocycles. The first-order valence-electron chi connectivity index (χ1n) is 9.16. The molecular formula is C17H24N6O5S. The van der Waals surface area contributed by atoms with Gasteiger partial charge in [-0.25, -0.2) is 14.6 Å². The van der Waals surface area contributed by atoms with Gasteiger partial charge >= 0.3 is 12.0 Å². The van der Waals surface area contributed by atoms with Gasteiger partial charge in [-0.3, -0.25) is 0 Å². The van der Waals surface area contributed by atoms with E-state index in [0.717, 1.165) is 5.75 Å². The summed E-state index contributed by atoms with van der Waals surface area (Å²) in [5.41, 5.74) is 1.13. The van der Waals surface area contributed by atoms with Crippen molar-refractivity contribution >= 4 is 34.9 Å². The quantitative estimate of drug-likeness (QED) is 0.582. The molecule has 0 aliphatic carbocycles. The Labute approximate surface area is 172 Å². The Hall–Kier alpha value is -2.60. The number of aromatic nitrogens is 4. The van der Waals surface area contributed by atoms with Gasteiger partial charge < -0.3 is 24.5 Å². The lowest BCUT2D eigenvalue weighted by Crippen LogP contribution is -2.54. The van der Waals surface area contributed by atoms with E-state index in [9.17, 15) is 9.59 Å². The van der Waals surface area contributed by atoms with Crippen LogP contribution >= 0.6 is 11.8 Å². The highest BCUT2D eigenvalue weighted by Gasteiger charge is 2.28. The fourth-order valence-corrected chi connectivity index (χ4v) is 3.33. The van der Waals surface area contributed by atoms with Gasteiger partial charge in [0.15, 0.2) is 0 Å². The minimum Gasteiger partial charge on any atom is -0.467 e. The number of esters is 1. The van der Waals surface area contributed by atoms with E-state index < -0.39 is 12.0 Å². The van der Waals surface area contributed by atoms with Gasteiger partial charge in [-0.2, -0.15) is 11.8 Å². The Bertz CT molecular complexity index is 834. The van der Waals surface area contributed by atoms with Crippen LogP contribution in [0.5, 0.6) is 0 Å². The second kappa shape index (κ2) is 10.3. The first-order chi connectivity index (χ1) is 14.1. The van der Waals surface area contributed by atoms with Gasteiger partial charge in [0, 0.05) is 12.7 Å². The van der Waals surface area contributed by atoms with Crippen LogP contribution < -0.4 is 10.2 Å². The lowest BCUT2D eigenvalue weighted by Gasteiger charge is -2.33. The number of nitrogens with zero attached hydrogens (tertiary/aromatic N) is 5.